The molecule has 4 aromatic carbocycles. The Balaban J connectivity index is 1.64. The number of nitrogens with one attached hydrogen (secondary N) is 1. The van der Waals surface area contributed by atoms with Gasteiger partial charge in [0.1, 0.15) is 6.04 Å². The number of nitrogens with zero attached hydrogens (tertiary/aromatic N) is 1. The maximum Gasteiger partial charge on any atom is 0.243 e. The van der Waals surface area contributed by atoms with E-state index < -0.39 is 6.04 Å². The van der Waals surface area contributed by atoms with E-state index in [0.717, 1.165) is 27.5 Å². The van der Waals surface area contributed by atoms with E-state index in [1.54, 1.807) is 4.90 Å². The van der Waals surface area contributed by atoms with Crippen LogP contribution in [0, 0.1) is 5.92 Å². The molecule has 0 saturated heterocycles. The number of hydrogen-bond acceptors (Lipinski definition) is 2. The Morgan fingerprint density at radius 1 is 0.842 bits per heavy atom. The third kappa shape index (κ3) is 7.45. The molecule has 0 saturated carbocycles. The molecule has 4 nitrogen and oxygen atoms in total. The molecule has 1 N–H and O–H groups in total. The Morgan fingerprint density at radius 2 is 1.53 bits per heavy atom. The smallest absolute Gasteiger partial charge is 0.243 e. The van der Waals surface area contributed by atoms with Crippen LogP contribution in [0.2, 0.25) is 5.02 Å². The van der Waals surface area contributed by atoms with Crippen molar-refractivity contribution in [1.82, 2.24) is 10.2 Å². The van der Waals surface area contributed by atoms with Crippen molar-refractivity contribution in [2.75, 3.05) is 6.54 Å². The van der Waals surface area contributed by atoms with Gasteiger partial charge in [0.2, 0.25) is 11.8 Å². The van der Waals surface area contributed by atoms with Crippen molar-refractivity contribution < 1.29 is 9.59 Å². The minimum atomic E-state index is -0.643. The van der Waals surface area contributed by atoms with Crippen LogP contribution in [0.25, 0.3) is 10.8 Å². The highest BCUT2D eigenvalue weighted by atomic mass is 35.5. The lowest BCUT2D eigenvalue weighted by Gasteiger charge is -2.32. The van der Waals surface area contributed by atoms with Crippen molar-refractivity contribution in [3.05, 3.63) is 119 Å². The Hall–Kier alpha value is -3.63. The molecule has 0 spiro atoms. The van der Waals surface area contributed by atoms with Crippen LogP contribution >= 0.6 is 11.6 Å². The molecule has 0 unspecified atom stereocenters. The number of amides is 2. The fourth-order valence-corrected chi connectivity index (χ4v) is 4.92. The van der Waals surface area contributed by atoms with Gasteiger partial charge in [0.25, 0.3) is 0 Å². The summed E-state index contributed by atoms with van der Waals surface area (Å²) in [4.78, 5) is 29.2. The number of rotatable bonds is 11. The van der Waals surface area contributed by atoms with E-state index in [-0.39, 0.29) is 11.8 Å². The molecule has 4 rings (SSSR count). The normalized spacial score (nSPS) is 11.9. The second-order valence-electron chi connectivity index (χ2n) is 10.1. The van der Waals surface area contributed by atoms with Crippen molar-refractivity contribution in [1.29, 1.82) is 0 Å². The topological polar surface area (TPSA) is 49.4 Å². The fraction of sp³-hybridized carbons (Fsp3) is 0.273. The molecule has 0 aliphatic rings. The van der Waals surface area contributed by atoms with Crippen LogP contribution in [0.4, 0.5) is 0 Å². The predicted octanol–water partition coefficient (Wildman–Crippen LogP) is 6.84. The van der Waals surface area contributed by atoms with E-state index in [4.69, 9.17) is 11.6 Å². The Morgan fingerprint density at radius 3 is 2.29 bits per heavy atom. The lowest BCUT2D eigenvalue weighted by Crippen LogP contribution is -2.51. The van der Waals surface area contributed by atoms with Gasteiger partial charge in [-0.05, 0) is 51.9 Å². The van der Waals surface area contributed by atoms with Crippen LogP contribution in [0.5, 0.6) is 0 Å². The zero-order chi connectivity index (χ0) is 26.9. The van der Waals surface area contributed by atoms with Crippen LogP contribution in [0.1, 0.15) is 37.0 Å². The summed E-state index contributed by atoms with van der Waals surface area (Å²) < 4.78 is 0. The van der Waals surface area contributed by atoms with Gasteiger partial charge in [-0.25, -0.2) is 0 Å². The number of benzene rings is 4. The van der Waals surface area contributed by atoms with E-state index >= 15 is 0 Å². The van der Waals surface area contributed by atoms with Gasteiger partial charge in [-0.2, -0.15) is 0 Å². The highest BCUT2D eigenvalue weighted by molar-refractivity contribution is 6.30. The summed E-state index contributed by atoms with van der Waals surface area (Å²) in [7, 11) is 0. The molecular weight excluding hydrogens is 492 g/mol. The summed E-state index contributed by atoms with van der Waals surface area (Å²) >= 11 is 6.28. The highest BCUT2D eigenvalue weighted by Crippen LogP contribution is 2.22. The highest BCUT2D eigenvalue weighted by Gasteiger charge is 2.30. The minimum Gasteiger partial charge on any atom is -0.354 e. The van der Waals surface area contributed by atoms with Gasteiger partial charge < -0.3 is 10.2 Å². The summed E-state index contributed by atoms with van der Waals surface area (Å²) in [5, 5.41) is 5.99. The first kappa shape index (κ1) is 27.4. The monoisotopic (exact) mass is 526 g/mol. The van der Waals surface area contributed by atoms with Gasteiger partial charge >= 0.3 is 0 Å². The Labute approximate surface area is 230 Å². The van der Waals surface area contributed by atoms with E-state index in [0.29, 0.717) is 43.3 Å². The molecule has 0 fully saturated rings. The summed E-state index contributed by atoms with van der Waals surface area (Å²) in [6.45, 7) is 4.98. The quantitative estimate of drug-likeness (QED) is 0.232. The number of carbonyl (C=O) groups is 2. The fourth-order valence-electron chi connectivity index (χ4n) is 4.70. The Bertz CT molecular complexity index is 1360. The average molecular weight is 527 g/mol. The molecule has 1 atom stereocenters. The molecule has 5 heteroatoms. The molecule has 2 amide bonds. The third-order valence-electron chi connectivity index (χ3n) is 6.69. The molecule has 0 aliphatic carbocycles. The summed E-state index contributed by atoms with van der Waals surface area (Å²) in [6.07, 6.45) is 1.33. The molecule has 0 aromatic heterocycles. The Kier molecular flexibility index (Phi) is 9.56. The van der Waals surface area contributed by atoms with E-state index in [2.05, 4.69) is 43.4 Å². The minimum absolute atomic E-state index is 0.0569. The van der Waals surface area contributed by atoms with Crippen LogP contribution in [0.15, 0.2) is 97.1 Å². The maximum atomic E-state index is 13.9. The standard InChI is InChI=1S/C33H35ClN2O2/c1-24(2)22-35-33(38)31(21-25-10-4-3-5-11-25)36(23-26-12-8-16-29(34)20-26)32(37)19-18-28-15-9-14-27-13-6-7-17-30(27)28/h3-17,20,24,31H,18-19,21-23H2,1-2H3,(H,35,38)/t31-/m0/s1. The number of aryl methyl sites for hydroxylation is 1. The third-order valence-corrected chi connectivity index (χ3v) is 6.92. The van der Waals surface area contributed by atoms with Crippen molar-refractivity contribution in [3.8, 4) is 0 Å². The molecular formula is C33H35ClN2O2. The van der Waals surface area contributed by atoms with Gasteiger partial charge in [-0.15, -0.1) is 0 Å². The van der Waals surface area contributed by atoms with Crippen LogP contribution < -0.4 is 5.32 Å². The van der Waals surface area contributed by atoms with Crippen molar-refractivity contribution in [2.24, 2.45) is 5.92 Å². The van der Waals surface area contributed by atoms with Crippen molar-refractivity contribution >= 4 is 34.2 Å². The van der Waals surface area contributed by atoms with Gasteiger partial charge in [-0.1, -0.05) is 110 Å². The number of halogens is 1. The van der Waals surface area contributed by atoms with Gasteiger partial charge in [0.15, 0.2) is 0 Å². The van der Waals surface area contributed by atoms with Gasteiger partial charge in [-0.3, -0.25) is 9.59 Å². The van der Waals surface area contributed by atoms with E-state index in [1.807, 2.05) is 72.8 Å². The lowest BCUT2D eigenvalue weighted by atomic mass is 9.99. The van der Waals surface area contributed by atoms with Crippen molar-refractivity contribution in [3.63, 3.8) is 0 Å². The molecule has 196 valence electrons. The van der Waals surface area contributed by atoms with Crippen LogP contribution in [-0.4, -0.2) is 29.3 Å². The summed E-state index contributed by atoms with van der Waals surface area (Å²) in [5.74, 6) is 0.112. The molecule has 0 heterocycles. The lowest BCUT2D eigenvalue weighted by molar-refractivity contribution is -0.141. The van der Waals surface area contributed by atoms with Crippen LogP contribution in [-0.2, 0) is 29.0 Å². The number of fused-ring (bicyclic) bond motifs is 1. The second kappa shape index (κ2) is 13.3. The first-order valence-corrected chi connectivity index (χ1v) is 13.6. The summed E-state index contributed by atoms with van der Waals surface area (Å²) in [5.41, 5.74) is 3.03. The largest absolute Gasteiger partial charge is 0.354 e. The molecule has 0 radical (unpaired) electrons. The SMILES string of the molecule is CC(C)CNC(=O)[C@H](Cc1ccccc1)N(Cc1cccc(Cl)c1)C(=O)CCc1cccc2ccccc12. The summed E-state index contributed by atoms with van der Waals surface area (Å²) in [6, 6.07) is 31.1. The van der Waals surface area contributed by atoms with Crippen molar-refractivity contribution in [2.45, 2.75) is 45.7 Å². The molecule has 38 heavy (non-hydrogen) atoms. The molecule has 0 bridgehead atoms. The first-order chi connectivity index (χ1) is 18.4. The van der Waals surface area contributed by atoms with E-state index in [1.165, 1.54) is 0 Å². The first-order valence-electron chi connectivity index (χ1n) is 13.2. The number of hydrogen-bond donors (Lipinski definition) is 1. The molecule has 0 aliphatic heterocycles. The zero-order valence-electron chi connectivity index (χ0n) is 22.1. The predicted molar refractivity (Wildman–Crippen MR) is 156 cm³/mol. The number of carbonyl (C=O) groups excluding carboxylic acids is 2. The second-order valence-corrected chi connectivity index (χ2v) is 10.6. The van der Waals surface area contributed by atoms with Gasteiger partial charge in [0.05, 0.1) is 0 Å². The molecule has 4 aromatic rings. The van der Waals surface area contributed by atoms with Crippen LogP contribution in [0.3, 0.4) is 0 Å². The maximum absolute atomic E-state index is 13.9. The average Bonchev–Trinajstić information content (AvgIpc) is 2.93. The van der Waals surface area contributed by atoms with E-state index in [9.17, 15) is 9.59 Å². The zero-order valence-corrected chi connectivity index (χ0v) is 22.8. The van der Waals surface area contributed by atoms with Gasteiger partial charge in [0, 0.05) is 31.0 Å².